The topological polar surface area (TPSA) is 92.5 Å². The second-order valence-corrected chi connectivity index (χ2v) is 5.46. The average Bonchev–Trinajstić information content (AvgIpc) is 2.55. The van der Waals surface area contributed by atoms with Gasteiger partial charge in [-0.3, -0.25) is 14.9 Å². The molecule has 6 nitrogen and oxygen atoms in total. The van der Waals surface area contributed by atoms with Gasteiger partial charge in [-0.25, -0.2) is 4.39 Å². The van der Waals surface area contributed by atoms with Crippen LogP contribution in [0.15, 0.2) is 48.5 Å². The summed E-state index contributed by atoms with van der Waals surface area (Å²) in [5.74, 6) is -1.47. The molecule has 7 heteroatoms. The first-order valence-corrected chi connectivity index (χ1v) is 7.36. The molecule has 2 unspecified atom stereocenters. The molecule has 0 radical (unpaired) electrons. The summed E-state index contributed by atoms with van der Waals surface area (Å²) in [4.78, 5) is 22.3. The lowest BCUT2D eigenvalue weighted by atomic mass is 10.0. The zero-order chi connectivity index (χ0) is 17.7. The number of benzene rings is 2. The standard InChI is InChI=1S/C17H17FN2O4/c1-11(9-16(21)12-5-3-2-4-6-12)19-17(22)14-8-7-13(18)10-15(14)20(23)24/h2-8,10-11,16,21H,9H2,1H3,(H,19,22). The van der Waals surface area contributed by atoms with Gasteiger partial charge in [0.2, 0.25) is 0 Å². The lowest BCUT2D eigenvalue weighted by Crippen LogP contribution is -2.34. The Morgan fingerprint density at radius 2 is 1.96 bits per heavy atom. The first kappa shape index (κ1) is 17.6. The van der Waals surface area contributed by atoms with Crippen LogP contribution in [0.1, 0.15) is 35.4 Å². The summed E-state index contributed by atoms with van der Waals surface area (Å²) in [7, 11) is 0. The van der Waals surface area contributed by atoms with Gasteiger partial charge >= 0.3 is 0 Å². The minimum atomic E-state index is -0.804. The van der Waals surface area contributed by atoms with Gasteiger partial charge in [0.25, 0.3) is 11.6 Å². The Morgan fingerprint density at radius 3 is 2.58 bits per heavy atom. The Hall–Kier alpha value is -2.80. The van der Waals surface area contributed by atoms with Crippen LogP contribution in [0.2, 0.25) is 0 Å². The lowest BCUT2D eigenvalue weighted by molar-refractivity contribution is -0.385. The monoisotopic (exact) mass is 332 g/mol. The summed E-state index contributed by atoms with van der Waals surface area (Å²) >= 11 is 0. The molecule has 0 saturated carbocycles. The van der Waals surface area contributed by atoms with Gasteiger partial charge in [-0.1, -0.05) is 30.3 Å². The summed E-state index contributed by atoms with van der Waals surface area (Å²) in [6.45, 7) is 1.68. The van der Waals surface area contributed by atoms with Crippen molar-refractivity contribution in [1.82, 2.24) is 5.32 Å². The van der Waals surface area contributed by atoms with Gasteiger partial charge in [0.1, 0.15) is 11.4 Å². The average molecular weight is 332 g/mol. The van der Waals surface area contributed by atoms with Crippen molar-refractivity contribution in [1.29, 1.82) is 0 Å². The molecule has 126 valence electrons. The number of aliphatic hydroxyl groups is 1. The van der Waals surface area contributed by atoms with Crippen molar-refractivity contribution in [2.24, 2.45) is 0 Å². The molecule has 2 atom stereocenters. The van der Waals surface area contributed by atoms with Crippen LogP contribution in [0.5, 0.6) is 0 Å². The first-order chi connectivity index (χ1) is 11.4. The van der Waals surface area contributed by atoms with Crippen molar-refractivity contribution in [2.75, 3.05) is 0 Å². The van der Waals surface area contributed by atoms with Gasteiger partial charge in [0, 0.05) is 6.04 Å². The maximum absolute atomic E-state index is 13.1. The number of nitrogens with zero attached hydrogens (tertiary/aromatic N) is 1. The summed E-state index contributed by atoms with van der Waals surface area (Å²) in [6, 6.07) is 11.3. The van der Waals surface area contributed by atoms with E-state index in [1.807, 2.05) is 6.07 Å². The van der Waals surface area contributed by atoms with E-state index >= 15 is 0 Å². The summed E-state index contributed by atoms with van der Waals surface area (Å²) in [5.41, 5.74) is -0.0999. The van der Waals surface area contributed by atoms with Crippen molar-refractivity contribution < 1.29 is 19.2 Å². The van der Waals surface area contributed by atoms with Crippen molar-refractivity contribution >= 4 is 11.6 Å². The lowest BCUT2D eigenvalue weighted by Gasteiger charge is -2.18. The second-order valence-electron chi connectivity index (χ2n) is 5.46. The minimum Gasteiger partial charge on any atom is -0.388 e. The second kappa shape index (κ2) is 7.65. The van der Waals surface area contributed by atoms with Crippen LogP contribution in [0, 0.1) is 15.9 Å². The predicted octanol–water partition coefficient (Wildman–Crippen LogP) is 2.98. The fourth-order valence-electron chi connectivity index (χ4n) is 2.35. The van der Waals surface area contributed by atoms with Crippen molar-refractivity contribution in [3.05, 3.63) is 75.6 Å². The fourth-order valence-corrected chi connectivity index (χ4v) is 2.35. The van der Waals surface area contributed by atoms with E-state index in [0.717, 1.165) is 12.1 Å². The number of nitro groups is 1. The molecule has 0 spiro atoms. The summed E-state index contributed by atoms with van der Waals surface area (Å²) in [6.07, 6.45) is -0.533. The number of aliphatic hydroxyl groups excluding tert-OH is 1. The number of hydrogen-bond acceptors (Lipinski definition) is 4. The summed E-state index contributed by atoms with van der Waals surface area (Å²) < 4.78 is 13.1. The van der Waals surface area contributed by atoms with E-state index in [2.05, 4.69) is 5.32 Å². The van der Waals surface area contributed by atoms with Gasteiger partial charge in [-0.15, -0.1) is 0 Å². The normalized spacial score (nSPS) is 13.1. The molecule has 2 rings (SSSR count). The molecule has 24 heavy (non-hydrogen) atoms. The quantitative estimate of drug-likeness (QED) is 0.628. The fraction of sp³-hybridized carbons (Fsp3) is 0.235. The van der Waals surface area contributed by atoms with E-state index in [1.54, 1.807) is 31.2 Å². The predicted molar refractivity (Wildman–Crippen MR) is 86.0 cm³/mol. The Bertz CT molecular complexity index is 737. The van der Waals surface area contributed by atoms with E-state index in [9.17, 15) is 24.4 Å². The minimum absolute atomic E-state index is 0.220. The summed E-state index contributed by atoms with van der Waals surface area (Å²) in [5, 5.41) is 23.7. The van der Waals surface area contributed by atoms with E-state index < -0.39 is 34.5 Å². The highest BCUT2D eigenvalue weighted by Crippen LogP contribution is 2.21. The SMILES string of the molecule is CC(CC(O)c1ccccc1)NC(=O)c1ccc(F)cc1[N+](=O)[O-]. The van der Waals surface area contributed by atoms with Gasteiger partial charge in [0.15, 0.2) is 0 Å². The van der Waals surface area contributed by atoms with Crippen molar-refractivity contribution in [2.45, 2.75) is 25.5 Å². The number of rotatable bonds is 6. The van der Waals surface area contributed by atoms with E-state index in [1.165, 1.54) is 0 Å². The van der Waals surface area contributed by atoms with Gasteiger partial charge in [-0.2, -0.15) is 0 Å². The van der Waals surface area contributed by atoms with Gasteiger partial charge in [0.05, 0.1) is 17.1 Å². The number of hydrogen-bond donors (Lipinski definition) is 2. The number of nitro benzene ring substituents is 1. The molecule has 0 saturated heterocycles. The third-order valence-electron chi connectivity index (χ3n) is 3.54. The molecule has 2 aromatic carbocycles. The van der Waals surface area contributed by atoms with E-state index in [0.29, 0.717) is 11.6 Å². The van der Waals surface area contributed by atoms with Crippen LogP contribution in [-0.2, 0) is 0 Å². The van der Waals surface area contributed by atoms with Crippen LogP contribution in [0.3, 0.4) is 0 Å². The number of halogens is 1. The molecular weight excluding hydrogens is 315 g/mol. The number of carbonyl (C=O) groups excluding carboxylic acids is 1. The van der Waals surface area contributed by atoms with E-state index in [-0.39, 0.29) is 12.0 Å². The third-order valence-corrected chi connectivity index (χ3v) is 3.54. The number of carbonyl (C=O) groups is 1. The molecule has 0 aliphatic carbocycles. The molecule has 2 aromatic rings. The molecule has 0 aliphatic heterocycles. The molecule has 1 amide bonds. The molecule has 0 aromatic heterocycles. The maximum atomic E-state index is 13.1. The zero-order valence-corrected chi connectivity index (χ0v) is 13.0. The maximum Gasteiger partial charge on any atom is 0.285 e. The molecule has 0 heterocycles. The number of nitrogens with one attached hydrogen (secondary N) is 1. The third kappa shape index (κ3) is 4.36. The van der Waals surface area contributed by atoms with Crippen LogP contribution in [0.25, 0.3) is 0 Å². The van der Waals surface area contributed by atoms with Crippen LogP contribution >= 0.6 is 0 Å². The van der Waals surface area contributed by atoms with Crippen molar-refractivity contribution in [3.8, 4) is 0 Å². The van der Waals surface area contributed by atoms with Gasteiger partial charge < -0.3 is 10.4 Å². The smallest absolute Gasteiger partial charge is 0.285 e. The Kier molecular flexibility index (Phi) is 5.59. The van der Waals surface area contributed by atoms with Crippen LogP contribution in [-0.4, -0.2) is 22.0 Å². The highest BCUT2D eigenvalue weighted by molar-refractivity contribution is 5.98. The molecule has 0 aliphatic rings. The highest BCUT2D eigenvalue weighted by atomic mass is 19.1. The number of amides is 1. The largest absolute Gasteiger partial charge is 0.388 e. The first-order valence-electron chi connectivity index (χ1n) is 7.36. The molecule has 0 bridgehead atoms. The molecule has 0 fully saturated rings. The molecular formula is C17H17FN2O4. The zero-order valence-electron chi connectivity index (χ0n) is 13.0. The van der Waals surface area contributed by atoms with Crippen LogP contribution in [0.4, 0.5) is 10.1 Å². The van der Waals surface area contributed by atoms with Gasteiger partial charge in [-0.05, 0) is 31.0 Å². The Balaban J connectivity index is 2.05. The Labute approximate surface area is 138 Å². The van der Waals surface area contributed by atoms with Crippen molar-refractivity contribution in [3.63, 3.8) is 0 Å². The van der Waals surface area contributed by atoms with Crippen LogP contribution < -0.4 is 5.32 Å². The highest BCUT2D eigenvalue weighted by Gasteiger charge is 2.23. The Morgan fingerprint density at radius 1 is 1.29 bits per heavy atom. The molecule has 2 N–H and O–H groups in total. The van der Waals surface area contributed by atoms with E-state index in [4.69, 9.17) is 0 Å².